The number of carboxylic acids is 1. The predicted octanol–water partition coefficient (Wildman–Crippen LogP) is 3.75. The molecule has 0 spiro atoms. The number of hydrogen-bond acceptors (Lipinski definition) is 7. The molecule has 3 rings (SSSR count). The molecule has 0 saturated carbocycles. The fourth-order valence-electron chi connectivity index (χ4n) is 3.93. The summed E-state index contributed by atoms with van der Waals surface area (Å²) in [6, 6.07) is 11.8. The van der Waals surface area contributed by atoms with Crippen LogP contribution in [0.1, 0.15) is 28.4 Å². The van der Waals surface area contributed by atoms with Crippen molar-refractivity contribution in [3.63, 3.8) is 0 Å². The number of thioether (sulfide) groups is 1. The Balaban J connectivity index is 1.77. The smallest absolute Gasteiger partial charge is 0.328 e. The molecule has 2 atom stereocenters. The highest BCUT2D eigenvalue weighted by molar-refractivity contribution is 8.00. The van der Waals surface area contributed by atoms with Gasteiger partial charge in [0.2, 0.25) is 0 Å². The Labute approximate surface area is 201 Å². The van der Waals surface area contributed by atoms with E-state index in [2.05, 4.69) is 0 Å². The molecule has 1 aliphatic heterocycles. The highest BCUT2D eigenvalue weighted by Gasteiger charge is 2.36. The largest absolute Gasteiger partial charge is 0.497 e. The number of carbonyl (C=O) groups is 3. The van der Waals surface area contributed by atoms with E-state index in [1.807, 2.05) is 0 Å². The van der Waals surface area contributed by atoms with Crippen LogP contribution in [0.25, 0.3) is 0 Å². The maximum Gasteiger partial charge on any atom is 0.328 e. The molecule has 34 heavy (non-hydrogen) atoms. The normalized spacial score (nSPS) is 18.3. The maximum absolute atomic E-state index is 14.5. The second-order valence-electron chi connectivity index (χ2n) is 7.72. The zero-order valence-electron chi connectivity index (χ0n) is 18.9. The summed E-state index contributed by atoms with van der Waals surface area (Å²) in [5.41, 5.74) is 1.23. The van der Waals surface area contributed by atoms with Crippen molar-refractivity contribution in [1.29, 1.82) is 0 Å². The number of piperidine rings is 1. The zero-order valence-corrected chi connectivity index (χ0v) is 19.7. The lowest BCUT2D eigenvalue weighted by Gasteiger charge is -2.37. The number of Topliss-reactive ketones (excluding diaryl/α,β-unsaturated/α-hetero) is 1. The number of carbonyl (C=O) groups excluding carboxylic acids is 2. The Morgan fingerprint density at radius 3 is 2.65 bits per heavy atom. The van der Waals surface area contributed by atoms with Gasteiger partial charge in [-0.3, -0.25) is 9.69 Å². The first-order valence-corrected chi connectivity index (χ1v) is 11.7. The molecule has 1 saturated heterocycles. The van der Waals surface area contributed by atoms with E-state index in [1.165, 1.54) is 44.2 Å². The molecule has 0 aromatic heterocycles. The monoisotopic (exact) mass is 487 g/mol. The van der Waals surface area contributed by atoms with Gasteiger partial charge in [-0.1, -0.05) is 30.3 Å². The van der Waals surface area contributed by atoms with Crippen molar-refractivity contribution in [2.24, 2.45) is 0 Å². The van der Waals surface area contributed by atoms with Crippen molar-refractivity contribution in [2.45, 2.75) is 17.7 Å². The van der Waals surface area contributed by atoms with Gasteiger partial charge >= 0.3 is 11.9 Å². The number of carboxylic acid groups (broad SMARTS) is 1. The van der Waals surface area contributed by atoms with E-state index in [0.717, 1.165) is 6.08 Å². The summed E-state index contributed by atoms with van der Waals surface area (Å²) < 4.78 is 24.6. The van der Waals surface area contributed by atoms with Gasteiger partial charge in [0.05, 0.1) is 20.0 Å². The third-order valence-electron chi connectivity index (χ3n) is 5.58. The van der Waals surface area contributed by atoms with E-state index in [1.54, 1.807) is 35.2 Å². The first kappa shape index (κ1) is 25.5. The predicted molar refractivity (Wildman–Crippen MR) is 127 cm³/mol. The van der Waals surface area contributed by atoms with E-state index < -0.39 is 23.8 Å². The lowest BCUT2D eigenvalue weighted by atomic mass is 9.98. The molecule has 2 aromatic carbocycles. The van der Waals surface area contributed by atoms with Gasteiger partial charge in [-0.25, -0.2) is 14.0 Å². The average molecular weight is 488 g/mol. The van der Waals surface area contributed by atoms with Gasteiger partial charge < -0.3 is 14.6 Å². The first-order chi connectivity index (χ1) is 16.3. The minimum absolute atomic E-state index is 0.0974. The number of ether oxygens (including phenoxy) is 2. The number of aliphatic carboxylic acids is 1. The molecule has 0 radical (unpaired) electrons. The van der Waals surface area contributed by atoms with Crippen molar-refractivity contribution in [2.75, 3.05) is 33.1 Å². The molecular formula is C25H26FNO6S. The molecule has 180 valence electrons. The van der Waals surface area contributed by atoms with E-state index in [0.29, 0.717) is 29.9 Å². The van der Waals surface area contributed by atoms with Crippen LogP contribution in [0.3, 0.4) is 0 Å². The van der Waals surface area contributed by atoms with Crippen LogP contribution in [0, 0.1) is 5.82 Å². The van der Waals surface area contributed by atoms with Gasteiger partial charge in [-0.15, -0.1) is 11.8 Å². The Hall–Kier alpha value is -3.17. The number of halogens is 1. The van der Waals surface area contributed by atoms with Crippen LogP contribution in [0.15, 0.2) is 60.2 Å². The standard InChI is InChI=1S/C25H26FNO6S/c1-32-18-7-5-6-16(12-18)21(28)15-34-22-10-11-27(14-17(22)13-23(29)30)24(25(31)33-2)19-8-3-4-9-20(19)26/h3-9,12-13,22,24H,10-11,14-15H2,1-2H3,(H,29,30)/b17-13-/t22-,24?/m0/s1. The van der Waals surface area contributed by atoms with Crippen LogP contribution in [0.2, 0.25) is 0 Å². The van der Waals surface area contributed by atoms with Crippen LogP contribution in [0.4, 0.5) is 4.39 Å². The van der Waals surface area contributed by atoms with Crippen LogP contribution in [-0.4, -0.2) is 66.0 Å². The number of esters is 1. The zero-order chi connectivity index (χ0) is 24.7. The fourth-order valence-corrected chi connectivity index (χ4v) is 5.08. The molecule has 2 aromatic rings. The fraction of sp³-hybridized carbons (Fsp3) is 0.320. The molecule has 0 bridgehead atoms. The highest BCUT2D eigenvalue weighted by Crippen LogP contribution is 2.34. The lowest BCUT2D eigenvalue weighted by Crippen LogP contribution is -2.43. The van der Waals surface area contributed by atoms with Gasteiger partial charge in [0.25, 0.3) is 0 Å². The topological polar surface area (TPSA) is 93.1 Å². The van der Waals surface area contributed by atoms with E-state index >= 15 is 0 Å². The van der Waals surface area contributed by atoms with E-state index in [9.17, 15) is 23.9 Å². The highest BCUT2D eigenvalue weighted by atomic mass is 32.2. The number of nitrogens with zero attached hydrogens (tertiary/aromatic N) is 1. The Kier molecular flexibility index (Phi) is 8.84. The second-order valence-corrected chi connectivity index (χ2v) is 8.91. The third-order valence-corrected chi connectivity index (χ3v) is 6.95. The summed E-state index contributed by atoms with van der Waals surface area (Å²) in [6.45, 7) is 0.529. The lowest BCUT2D eigenvalue weighted by molar-refractivity contribution is -0.147. The second kappa shape index (κ2) is 11.8. The summed E-state index contributed by atoms with van der Waals surface area (Å²) in [7, 11) is 2.76. The number of hydrogen-bond donors (Lipinski definition) is 1. The molecule has 1 fully saturated rings. The molecule has 1 aliphatic rings. The minimum Gasteiger partial charge on any atom is -0.497 e. The first-order valence-electron chi connectivity index (χ1n) is 10.6. The molecule has 0 amide bonds. The summed E-state index contributed by atoms with van der Waals surface area (Å²) in [5, 5.41) is 9.17. The van der Waals surface area contributed by atoms with Crippen LogP contribution in [-0.2, 0) is 14.3 Å². The van der Waals surface area contributed by atoms with Crippen LogP contribution >= 0.6 is 11.8 Å². The van der Waals surface area contributed by atoms with Crippen molar-refractivity contribution in [3.8, 4) is 5.75 Å². The SMILES string of the molecule is COC(=O)C(c1ccccc1F)N1CC[C@H](SCC(=O)c2cccc(OC)c2)/C(=C\C(=O)O)C1. The van der Waals surface area contributed by atoms with Gasteiger partial charge in [0.1, 0.15) is 17.6 Å². The summed E-state index contributed by atoms with van der Waals surface area (Å²) in [5.74, 6) is -1.65. The molecule has 1 heterocycles. The van der Waals surface area contributed by atoms with Crippen LogP contribution < -0.4 is 4.74 Å². The molecule has 1 unspecified atom stereocenters. The molecular weight excluding hydrogens is 461 g/mol. The van der Waals surface area contributed by atoms with Crippen molar-refractivity contribution in [1.82, 2.24) is 4.90 Å². The number of methoxy groups -OCH3 is 2. The minimum atomic E-state index is -1.12. The average Bonchev–Trinajstić information content (AvgIpc) is 2.84. The van der Waals surface area contributed by atoms with Gasteiger partial charge in [0, 0.05) is 35.5 Å². The maximum atomic E-state index is 14.5. The molecule has 9 heteroatoms. The number of rotatable bonds is 9. The van der Waals surface area contributed by atoms with E-state index in [4.69, 9.17) is 9.47 Å². The van der Waals surface area contributed by atoms with Crippen LogP contribution in [0.5, 0.6) is 5.75 Å². The number of benzene rings is 2. The van der Waals surface area contributed by atoms with E-state index in [-0.39, 0.29) is 28.9 Å². The van der Waals surface area contributed by atoms with Crippen molar-refractivity contribution < 1.29 is 33.4 Å². The third kappa shape index (κ3) is 6.24. The van der Waals surface area contributed by atoms with Gasteiger partial charge in [0.15, 0.2) is 5.78 Å². The number of ketones is 1. The Morgan fingerprint density at radius 1 is 1.21 bits per heavy atom. The molecule has 1 N–H and O–H groups in total. The van der Waals surface area contributed by atoms with Gasteiger partial charge in [-0.2, -0.15) is 0 Å². The van der Waals surface area contributed by atoms with Crippen molar-refractivity contribution in [3.05, 3.63) is 77.1 Å². The Morgan fingerprint density at radius 2 is 1.97 bits per heavy atom. The van der Waals surface area contributed by atoms with Gasteiger partial charge in [-0.05, 0) is 30.2 Å². The molecule has 0 aliphatic carbocycles. The Bertz CT molecular complexity index is 1090. The van der Waals surface area contributed by atoms with Crippen molar-refractivity contribution >= 4 is 29.5 Å². The summed E-state index contributed by atoms with van der Waals surface area (Å²) >= 11 is 1.35. The summed E-state index contributed by atoms with van der Waals surface area (Å²) in [4.78, 5) is 38.5. The quantitative estimate of drug-likeness (QED) is 0.325. The number of likely N-dealkylation sites (tertiary alicyclic amines) is 1. The summed E-state index contributed by atoms with van der Waals surface area (Å²) in [6.07, 6.45) is 1.59. The molecule has 7 nitrogen and oxygen atoms in total.